The predicted molar refractivity (Wildman–Crippen MR) is 174 cm³/mol. The lowest BCUT2D eigenvalue weighted by Crippen LogP contribution is -1.95. The monoisotopic (exact) mass is 541 g/mol. The fraction of sp³-hybridized carbons (Fsp3) is 0. The molecule has 0 saturated carbocycles. The third kappa shape index (κ3) is 3.35. The number of nitrogens with zero attached hydrogens (tertiary/aromatic N) is 3. The molecular weight excluding hydrogens is 518 g/mol. The molecule has 0 N–H and O–H groups in total. The Morgan fingerprint density at radius 2 is 1.39 bits per heavy atom. The van der Waals surface area contributed by atoms with Gasteiger partial charge in [0.1, 0.15) is 0 Å². The summed E-state index contributed by atoms with van der Waals surface area (Å²) in [5, 5.41) is 6.37. The van der Waals surface area contributed by atoms with Gasteiger partial charge in [-0.3, -0.25) is 4.98 Å². The molecule has 4 heterocycles. The number of para-hydroxylation sites is 1. The smallest absolute Gasteiger partial charge is 0.0719 e. The van der Waals surface area contributed by atoms with E-state index in [1.54, 1.807) is 0 Å². The standard InChI is InChI=1S/C37H23N3S/c1-2-10-26(11-3-1)39-20-18-25-22-34-31(23-33(25)39)29-16-17-30-28-13-4-5-15-35(28)41-37(30)36(29)40(34)27-12-8-9-24(21-27)32-14-6-7-19-38-32/h1-23H. The van der Waals surface area contributed by atoms with Gasteiger partial charge in [0.25, 0.3) is 0 Å². The Morgan fingerprint density at radius 1 is 0.561 bits per heavy atom. The van der Waals surface area contributed by atoms with Crippen molar-refractivity contribution >= 4 is 64.2 Å². The summed E-state index contributed by atoms with van der Waals surface area (Å²) in [6.07, 6.45) is 4.04. The van der Waals surface area contributed by atoms with Gasteiger partial charge in [0.15, 0.2) is 0 Å². The molecule has 0 amide bonds. The van der Waals surface area contributed by atoms with Gasteiger partial charge in [0.2, 0.25) is 0 Å². The van der Waals surface area contributed by atoms with Gasteiger partial charge >= 0.3 is 0 Å². The number of benzene rings is 5. The van der Waals surface area contributed by atoms with Crippen molar-refractivity contribution in [2.45, 2.75) is 0 Å². The van der Waals surface area contributed by atoms with Crippen LogP contribution in [0.25, 0.3) is 75.5 Å². The summed E-state index contributed by atoms with van der Waals surface area (Å²) in [6, 6.07) is 45.8. The molecule has 41 heavy (non-hydrogen) atoms. The van der Waals surface area contributed by atoms with Gasteiger partial charge in [-0.1, -0.05) is 66.7 Å². The maximum Gasteiger partial charge on any atom is 0.0719 e. The molecule has 4 aromatic heterocycles. The molecule has 4 heteroatoms. The molecule has 0 aliphatic carbocycles. The quantitative estimate of drug-likeness (QED) is 0.218. The predicted octanol–water partition coefficient (Wildman–Crippen LogP) is 10.2. The fourth-order valence-corrected chi connectivity index (χ4v) is 7.57. The van der Waals surface area contributed by atoms with Crippen LogP contribution in [0, 0.1) is 0 Å². The van der Waals surface area contributed by atoms with Gasteiger partial charge in [0.05, 0.1) is 26.9 Å². The first-order valence-corrected chi connectivity index (χ1v) is 14.6. The van der Waals surface area contributed by atoms with E-state index in [4.69, 9.17) is 0 Å². The van der Waals surface area contributed by atoms with Crippen molar-refractivity contribution < 1.29 is 0 Å². The first kappa shape index (κ1) is 22.6. The molecule has 0 aliphatic rings. The normalized spacial score (nSPS) is 11.9. The lowest BCUT2D eigenvalue weighted by Gasteiger charge is -2.11. The highest BCUT2D eigenvalue weighted by molar-refractivity contribution is 7.26. The highest BCUT2D eigenvalue weighted by atomic mass is 32.1. The number of fused-ring (bicyclic) bond motifs is 8. The van der Waals surface area contributed by atoms with Gasteiger partial charge in [0, 0.05) is 61.0 Å². The van der Waals surface area contributed by atoms with Crippen LogP contribution in [0.3, 0.4) is 0 Å². The van der Waals surface area contributed by atoms with E-state index in [0.29, 0.717) is 0 Å². The van der Waals surface area contributed by atoms with E-state index >= 15 is 0 Å². The second-order valence-electron chi connectivity index (χ2n) is 10.5. The maximum absolute atomic E-state index is 4.64. The van der Waals surface area contributed by atoms with E-state index < -0.39 is 0 Å². The highest BCUT2D eigenvalue weighted by Crippen LogP contribution is 2.44. The summed E-state index contributed by atoms with van der Waals surface area (Å²) < 4.78 is 7.39. The highest BCUT2D eigenvalue weighted by Gasteiger charge is 2.19. The average molecular weight is 542 g/mol. The molecule has 0 saturated heterocycles. The van der Waals surface area contributed by atoms with Crippen molar-refractivity contribution in [3.63, 3.8) is 0 Å². The van der Waals surface area contributed by atoms with E-state index in [1.807, 2.05) is 29.7 Å². The molecule has 0 aliphatic heterocycles. The van der Waals surface area contributed by atoms with Crippen LogP contribution in [0.2, 0.25) is 0 Å². The molecule has 0 radical (unpaired) electrons. The van der Waals surface area contributed by atoms with Crippen molar-refractivity contribution in [1.82, 2.24) is 14.1 Å². The number of aromatic nitrogens is 3. The van der Waals surface area contributed by atoms with Crippen LogP contribution in [0.1, 0.15) is 0 Å². The van der Waals surface area contributed by atoms with Gasteiger partial charge in [-0.2, -0.15) is 0 Å². The van der Waals surface area contributed by atoms with E-state index in [1.165, 1.54) is 58.6 Å². The van der Waals surface area contributed by atoms with Crippen molar-refractivity contribution in [2.75, 3.05) is 0 Å². The number of rotatable bonds is 3. The van der Waals surface area contributed by atoms with E-state index in [-0.39, 0.29) is 0 Å². The van der Waals surface area contributed by atoms with Crippen LogP contribution >= 0.6 is 11.3 Å². The molecule has 9 aromatic rings. The van der Waals surface area contributed by atoms with Crippen LogP contribution < -0.4 is 0 Å². The van der Waals surface area contributed by atoms with Gasteiger partial charge in [-0.25, -0.2) is 0 Å². The minimum absolute atomic E-state index is 0.976. The molecule has 0 atom stereocenters. The van der Waals surface area contributed by atoms with E-state index in [0.717, 1.165) is 16.9 Å². The zero-order valence-corrected chi connectivity index (χ0v) is 22.8. The van der Waals surface area contributed by atoms with Crippen molar-refractivity contribution in [3.05, 3.63) is 140 Å². The Labute approximate surface area is 240 Å². The lowest BCUT2D eigenvalue weighted by molar-refractivity contribution is 1.13. The van der Waals surface area contributed by atoms with Crippen molar-refractivity contribution in [1.29, 1.82) is 0 Å². The summed E-state index contributed by atoms with van der Waals surface area (Å²) >= 11 is 1.88. The Balaban J connectivity index is 1.42. The largest absolute Gasteiger partial charge is 0.317 e. The Bertz CT molecular complexity index is 2410. The Morgan fingerprint density at radius 3 is 2.29 bits per heavy atom. The van der Waals surface area contributed by atoms with E-state index in [9.17, 15) is 0 Å². The lowest BCUT2D eigenvalue weighted by atomic mass is 10.1. The third-order valence-corrected chi connectivity index (χ3v) is 9.38. The molecule has 0 unspecified atom stereocenters. The number of thiophene rings is 1. The summed E-state index contributed by atoms with van der Waals surface area (Å²) in [5.41, 5.74) is 8.07. The van der Waals surface area contributed by atoms with Crippen LogP contribution in [-0.4, -0.2) is 14.1 Å². The first-order chi connectivity index (χ1) is 20.3. The molecule has 5 aromatic carbocycles. The first-order valence-electron chi connectivity index (χ1n) is 13.8. The zero-order chi connectivity index (χ0) is 26.9. The molecule has 0 spiro atoms. The molecule has 0 bridgehead atoms. The van der Waals surface area contributed by atoms with Crippen LogP contribution in [0.15, 0.2) is 140 Å². The summed E-state index contributed by atoms with van der Waals surface area (Å²) in [7, 11) is 0. The van der Waals surface area contributed by atoms with Gasteiger partial charge < -0.3 is 9.13 Å². The Kier molecular flexibility index (Phi) is 4.77. The summed E-state index contributed by atoms with van der Waals surface area (Å²) in [6.45, 7) is 0. The van der Waals surface area contributed by atoms with Crippen molar-refractivity contribution in [2.24, 2.45) is 0 Å². The van der Waals surface area contributed by atoms with Gasteiger partial charge in [-0.05, 0) is 60.7 Å². The molecule has 0 fully saturated rings. The summed E-state index contributed by atoms with van der Waals surface area (Å²) in [4.78, 5) is 4.64. The number of pyridine rings is 1. The molecule has 3 nitrogen and oxygen atoms in total. The second kappa shape index (κ2) is 8.65. The van der Waals surface area contributed by atoms with Crippen LogP contribution in [-0.2, 0) is 0 Å². The third-order valence-electron chi connectivity index (χ3n) is 8.18. The second-order valence-corrected chi connectivity index (χ2v) is 11.5. The minimum atomic E-state index is 0.976. The zero-order valence-electron chi connectivity index (χ0n) is 22.0. The van der Waals surface area contributed by atoms with E-state index in [2.05, 4.69) is 136 Å². The van der Waals surface area contributed by atoms with Crippen LogP contribution in [0.5, 0.6) is 0 Å². The minimum Gasteiger partial charge on any atom is -0.317 e. The number of hydrogen-bond acceptors (Lipinski definition) is 2. The molecule has 9 rings (SSSR count). The summed E-state index contributed by atoms with van der Waals surface area (Å²) in [5.74, 6) is 0. The topological polar surface area (TPSA) is 22.8 Å². The SMILES string of the molecule is c1ccc(-n2ccc3cc4c(cc32)c2ccc3c5ccccc5sc3c2n4-c2cccc(-c3ccccn3)c2)cc1. The Hall–Kier alpha value is -5.19. The molecule has 192 valence electrons. The average Bonchev–Trinajstić information content (AvgIpc) is 3.72. The molecular formula is C37H23N3S. The fourth-order valence-electron chi connectivity index (χ4n) is 6.33. The van der Waals surface area contributed by atoms with Crippen LogP contribution in [0.4, 0.5) is 0 Å². The maximum atomic E-state index is 4.64. The van der Waals surface area contributed by atoms with Crippen molar-refractivity contribution in [3.8, 4) is 22.6 Å². The van der Waals surface area contributed by atoms with Gasteiger partial charge in [-0.15, -0.1) is 11.3 Å². The number of hydrogen-bond donors (Lipinski definition) is 0.